The predicted molar refractivity (Wildman–Crippen MR) is 103 cm³/mol. The van der Waals surface area contributed by atoms with Crippen molar-refractivity contribution in [2.75, 3.05) is 11.5 Å². The molecule has 0 spiro atoms. The van der Waals surface area contributed by atoms with E-state index >= 15 is 0 Å². The van der Waals surface area contributed by atoms with E-state index in [1.165, 1.54) is 0 Å². The van der Waals surface area contributed by atoms with Gasteiger partial charge in [-0.15, -0.1) is 0 Å². The molecule has 0 N–H and O–H groups in total. The third kappa shape index (κ3) is 3.71. The number of benzene rings is 2. The summed E-state index contributed by atoms with van der Waals surface area (Å²) in [5, 5.41) is 0. The Labute approximate surface area is 156 Å². The van der Waals surface area contributed by atoms with Crippen LogP contribution in [0.2, 0.25) is 0 Å². The number of aryl methyl sites for hydroxylation is 2. The lowest BCUT2D eigenvalue weighted by atomic mass is 9.72. The van der Waals surface area contributed by atoms with Crippen LogP contribution in [0, 0.1) is 19.3 Å². The fourth-order valence-corrected chi connectivity index (χ4v) is 8.30. The molecule has 0 aromatic heterocycles. The van der Waals surface area contributed by atoms with Crippen molar-refractivity contribution in [3.63, 3.8) is 0 Å². The summed E-state index contributed by atoms with van der Waals surface area (Å²) < 4.78 is 51.8. The van der Waals surface area contributed by atoms with Crippen LogP contribution in [0.15, 0.2) is 58.3 Å². The van der Waals surface area contributed by atoms with Gasteiger partial charge in [0.25, 0.3) is 0 Å². The summed E-state index contributed by atoms with van der Waals surface area (Å²) in [7, 11) is -7.08. The molecule has 0 atom stereocenters. The van der Waals surface area contributed by atoms with Crippen LogP contribution in [-0.2, 0) is 19.7 Å². The summed E-state index contributed by atoms with van der Waals surface area (Å²) in [6.07, 6.45) is 2.12. The maximum Gasteiger partial charge on any atom is 0.179 e. The maximum atomic E-state index is 13.0. The Hall–Kier alpha value is -1.66. The van der Waals surface area contributed by atoms with E-state index < -0.39 is 25.1 Å². The van der Waals surface area contributed by atoms with E-state index in [0.29, 0.717) is 33.8 Å². The van der Waals surface area contributed by atoms with Gasteiger partial charge in [-0.1, -0.05) is 42.8 Å². The molecule has 1 aliphatic rings. The largest absolute Gasteiger partial charge is 0.224 e. The topological polar surface area (TPSA) is 68.3 Å². The summed E-state index contributed by atoms with van der Waals surface area (Å²) in [5.41, 5.74) is 0.704. The van der Waals surface area contributed by atoms with Gasteiger partial charge in [0.1, 0.15) is 0 Å². The summed E-state index contributed by atoms with van der Waals surface area (Å²) in [5.74, 6) is -0.230. The zero-order chi connectivity index (χ0) is 19.0. The van der Waals surface area contributed by atoms with Gasteiger partial charge in [-0.2, -0.15) is 0 Å². The Balaban J connectivity index is 1.91. The van der Waals surface area contributed by atoms with Crippen molar-refractivity contribution >= 4 is 19.7 Å². The lowest BCUT2D eigenvalue weighted by Crippen LogP contribution is -2.42. The first kappa shape index (κ1) is 19.1. The minimum absolute atomic E-state index is 0.115. The van der Waals surface area contributed by atoms with Crippen LogP contribution in [0.25, 0.3) is 0 Å². The maximum absolute atomic E-state index is 13.0. The lowest BCUT2D eigenvalue weighted by molar-refractivity contribution is 0.197. The number of hydrogen-bond donors (Lipinski definition) is 0. The van der Waals surface area contributed by atoms with Crippen LogP contribution >= 0.6 is 0 Å². The van der Waals surface area contributed by atoms with E-state index in [4.69, 9.17) is 0 Å². The first-order chi connectivity index (χ1) is 12.2. The third-order valence-corrected chi connectivity index (χ3v) is 9.51. The lowest BCUT2D eigenvalue weighted by Gasteiger charge is -2.41. The molecule has 26 heavy (non-hydrogen) atoms. The van der Waals surface area contributed by atoms with Crippen molar-refractivity contribution < 1.29 is 16.8 Å². The normalized spacial score (nSPS) is 16.8. The molecule has 0 saturated heterocycles. The first-order valence-corrected chi connectivity index (χ1v) is 12.0. The molecular weight excluding hydrogens is 368 g/mol. The van der Waals surface area contributed by atoms with Crippen molar-refractivity contribution in [2.45, 2.75) is 42.9 Å². The van der Waals surface area contributed by atoms with E-state index in [1.807, 2.05) is 0 Å². The van der Waals surface area contributed by atoms with Crippen molar-refractivity contribution in [1.29, 1.82) is 0 Å². The highest BCUT2D eigenvalue weighted by molar-refractivity contribution is 7.92. The Bertz CT molecular complexity index is 938. The highest BCUT2D eigenvalue weighted by atomic mass is 32.2. The van der Waals surface area contributed by atoms with Gasteiger partial charge < -0.3 is 0 Å². The minimum Gasteiger partial charge on any atom is -0.224 e. The minimum atomic E-state index is -3.54. The molecule has 140 valence electrons. The van der Waals surface area contributed by atoms with Crippen LogP contribution < -0.4 is 0 Å². The molecule has 1 fully saturated rings. The molecule has 0 amide bonds. The van der Waals surface area contributed by atoms with Gasteiger partial charge in [-0.05, 0) is 55.4 Å². The molecule has 1 saturated carbocycles. The van der Waals surface area contributed by atoms with Gasteiger partial charge >= 0.3 is 0 Å². The predicted octanol–water partition coefficient (Wildman–Crippen LogP) is 3.72. The van der Waals surface area contributed by atoms with E-state index in [2.05, 4.69) is 0 Å². The smallest absolute Gasteiger partial charge is 0.179 e. The van der Waals surface area contributed by atoms with Crippen LogP contribution in [-0.4, -0.2) is 28.3 Å². The molecule has 1 aliphatic carbocycles. The molecule has 0 unspecified atom stereocenters. The molecule has 2 aromatic carbocycles. The van der Waals surface area contributed by atoms with Crippen LogP contribution in [0.1, 0.15) is 30.4 Å². The molecule has 2 aromatic rings. The highest BCUT2D eigenvalue weighted by Crippen LogP contribution is 2.45. The van der Waals surface area contributed by atoms with Gasteiger partial charge in [-0.25, -0.2) is 16.8 Å². The summed E-state index contributed by atoms with van der Waals surface area (Å²) >= 11 is 0. The SMILES string of the molecule is Cc1ccccc1S(=O)(=O)CC1(CS(=O)(=O)c2ccccc2C)CCC1. The average Bonchev–Trinajstić information content (AvgIpc) is 2.53. The third-order valence-electron chi connectivity index (χ3n) is 5.26. The zero-order valence-electron chi connectivity index (χ0n) is 15.1. The molecule has 0 bridgehead atoms. The van der Waals surface area contributed by atoms with E-state index in [-0.39, 0.29) is 11.5 Å². The quantitative estimate of drug-likeness (QED) is 0.751. The van der Waals surface area contributed by atoms with E-state index in [9.17, 15) is 16.8 Å². The second kappa shape index (κ2) is 6.82. The van der Waals surface area contributed by atoms with Crippen LogP contribution in [0.4, 0.5) is 0 Å². The Kier molecular flexibility index (Phi) is 5.01. The fraction of sp³-hybridized carbons (Fsp3) is 0.400. The van der Waals surface area contributed by atoms with Gasteiger partial charge in [-0.3, -0.25) is 0 Å². The summed E-state index contributed by atoms with van der Waals surface area (Å²) in [4.78, 5) is 0.610. The number of rotatable bonds is 6. The molecule has 3 rings (SSSR count). The van der Waals surface area contributed by atoms with Gasteiger partial charge in [0.05, 0.1) is 21.3 Å². The van der Waals surface area contributed by atoms with Crippen LogP contribution in [0.3, 0.4) is 0 Å². The van der Waals surface area contributed by atoms with E-state index in [0.717, 1.165) is 6.42 Å². The molecule has 4 nitrogen and oxygen atoms in total. The molecule has 0 radical (unpaired) electrons. The summed E-state index contributed by atoms with van der Waals surface area (Å²) in [6.45, 7) is 3.54. The monoisotopic (exact) mass is 392 g/mol. The number of hydrogen-bond acceptors (Lipinski definition) is 4. The van der Waals surface area contributed by atoms with Crippen molar-refractivity contribution in [2.24, 2.45) is 5.41 Å². The van der Waals surface area contributed by atoms with Crippen LogP contribution in [0.5, 0.6) is 0 Å². The van der Waals surface area contributed by atoms with Crippen molar-refractivity contribution in [3.8, 4) is 0 Å². The second-order valence-corrected chi connectivity index (χ2v) is 11.3. The second-order valence-electron chi connectivity index (χ2n) is 7.40. The van der Waals surface area contributed by atoms with Gasteiger partial charge in [0.15, 0.2) is 19.7 Å². The molecule has 6 heteroatoms. The van der Waals surface area contributed by atoms with E-state index in [1.54, 1.807) is 62.4 Å². The standard InChI is InChI=1S/C20H24O4S2/c1-16-8-3-5-10-18(16)25(21,22)14-20(12-7-13-20)15-26(23,24)19-11-6-4-9-17(19)2/h3-6,8-11H,7,12-15H2,1-2H3. The number of sulfone groups is 2. The summed E-state index contributed by atoms with van der Waals surface area (Å²) in [6, 6.07) is 13.8. The Morgan fingerprint density at radius 1 is 0.731 bits per heavy atom. The molecule has 0 aliphatic heterocycles. The van der Waals surface area contributed by atoms with Crippen molar-refractivity contribution in [1.82, 2.24) is 0 Å². The van der Waals surface area contributed by atoms with Crippen molar-refractivity contribution in [3.05, 3.63) is 59.7 Å². The zero-order valence-corrected chi connectivity index (χ0v) is 16.7. The van der Waals surface area contributed by atoms with Gasteiger partial charge in [0.2, 0.25) is 0 Å². The molecule has 0 heterocycles. The van der Waals surface area contributed by atoms with Gasteiger partial charge in [0, 0.05) is 0 Å². The Morgan fingerprint density at radius 2 is 1.12 bits per heavy atom. The first-order valence-electron chi connectivity index (χ1n) is 8.72. The molecular formula is C20H24O4S2. The Morgan fingerprint density at radius 3 is 1.42 bits per heavy atom. The highest BCUT2D eigenvalue weighted by Gasteiger charge is 2.45. The average molecular weight is 393 g/mol. The fourth-order valence-electron chi connectivity index (χ4n) is 3.78.